The van der Waals surface area contributed by atoms with Crippen LogP contribution in [0.1, 0.15) is 168 Å². The Morgan fingerprint density at radius 2 is 1.00 bits per heavy atom. The van der Waals surface area contributed by atoms with Gasteiger partial charge in [0.1, 0.15) is 0 Å². The Balaban J connectivity index is 2.39. The zero-order chi connectivity index (χ0) is 25.2. The second-order valence-electron chi connectivity index (χ2n) is 12.9. The summed E-state index contributed by atoms with van der Waals surface area (Å²) in [6.45, 7) is 16.5. The molecule has 0 saturated heterocycles. The molecular weight excluding hydrogens is 408 g/mol. The SMILES string of the molecule is CC(C)CCCCCCCCCc1cc[c]c(C(C)(C)C)c1CCCCCCCCCC(C)C. The van der Waals surface area contributed by atoms with Gasteiger partial charge in [0.15, 0.2) is 0 Å². The minimum atomic E-state index is 0.192. The third kappa shape index (κ3) is 15.3. The van der Waals surface area contributed by atoms with Gasteiger partial charge in [-0.05, 0) is 65.7 Å². The summed E-state index contributed by atoms with van der Waals surface area (Å²) in [5.41, 5.74) is 4.93. The highest BCUT2D eigenvalue weighted by Gasteiger charge is 2.19. The summed E-state index contributed by atoms with van der Waals surface area (Å²) in [7, 11) is 0. The molecular formula is C34H61. The average Bonchev–Trinajstić information content (AvgIpc) is 2.76. The van der Waals surface area contributed by atoms with E-state index in [0.717, 1.165) is 11.8 Å². The predicted octanol–water partition coefficient (Wildman–Crippen LogP) is 11.4. The molecule has 1 radical (unpaired) electrons. The number of aryl methyl sites for hydroxylation is 1. The number of hydrogen-bond donors (Lipinski definition) is 0. The van der Waals surface area contributed by atoms with Crippen molar-refractivity contribution in [3.8, 4) is 0 Å². The second kappa shape index (κ2) is 18.5. The van der Waals surface area contributed by atoms with Crippen LogP contribution in [0.2, 0.25) is 0 Å². The fraction of sp³-hybridized carbons (Fsp3) is 0.824. The van der Waals surface area contributed by atoms with Crippen LogP contribution in [0.3, 0.4) is 0 Å². The van der Waals surface area contributed by atoms with Crippen molar-refractivity contribution in [3.63, 3.8) is 0 Å². The van der Waals surface area contributed by atoms with Gasteiger partial charge in [0, 0.05) is 0 Å². The van der Waals surface area contributed by atoms with Crippen LogP contribution in [-0.4, -0.2) is 0 Å². The maximum atomic E-state index is 3.64. The van der Waals surface area contributed by atoms with Gasteiger partial charge in [-0.3, -0.25) is 0 Å². The summed E-state index contributed by atoms with van der Waals surface area (Å²) in [6.07, 6.45) is 25.1. The molecule has 0 nitrogen and oxygen atoms in total. The first-order valence-corrected chi connectivity index (χ1v) is 15.2. The summed E-state index contributed by atoms with van der Waals surface area (Å²) in [4.78, 5) is 0. The van der Waals surface area contributed by atoms with E-state index in [2.05, 4.69) is 66.7 Å². The molecule has 0 atom stereocenters. The topological polar surface area (TPSA) is 0 Å². The van der Waals surface area contributed by atoms with E-state index < -0.39 is 0 Å². The first kappa shape index (κ1) is 31.3. The molecule has 0 N–H and O–H groups in total. The van der Waals surface area contributed by atoms with E-state index in [-0.39, 0.29) is 5.41 Å². The molecule has 0 spiro atoms. The molecule has 0 aliphatic heterocycles. The molecule has 34 heavy (non-hydrogen) atoms. The van der Waals surface area contributed by atoms with Gasteiger partial charge in [0.2, 0.25) is 0 Å². The zero-order valence-corrected chi connectivity index (χ0v) is 24.5. The first-order chi connectivity index (χ1) is 16.2. The minimum Gasteiger partial charge on any atom is -0.0628 e. The summed E-state index contributed by atoms with van der Waals surface area (Å²) in [5.74, 6) is 1.74. The summed E-state index contributed by atoms with van der Waals surface area (Å²) < 4.78 is 0. The van der Waals surface area contributed by atoms with Gasteiger partial charge < -0.3 is 0 Å². The van der Waals surface area contributed by atoms with Crippen molar-refractivity contribution in [2.45, 2.75) is 169 Å². The molecule has 197 valence electrons. The lowest BCUT2D eigenvalue weighted by molar-refractivity contribution is 0.507. The number of hydrogen-bond acceptors (Lipinski definition) is 0. The molecule has 0 unspecified atom stereocenters. The van der Waals surface area contributed by atoms with E-state index in [1.165, 1.54) is 121 Å². The molecule has 0 amide bonds. The van der Waals surface area contributed by atoms with Gasteiger partial charge >= 0.3 is 0 Å². The molecule has 0 saturated carbocycles. The van der Waals surface area contributed by atoms with Crippen molar-refractivity contribution in [2.75, 3.05) is 0 Å². The van der Waals surface area contributed by atoms with Gasteiger partial charge in [-0.1, -0.05) is 150 Å². The van der Waals surface area contributed by atoms with Gasteiger partial charge in [-0.2, -0.15) is 0 Å². The predicted molar refractivity (Wildman–Crippen MR) is 155 cm³/mol. The Morgan fingerprint density at radius 3 is 1.44 bits per heavy atom. The monoisotopic (exact) mass is 469 g/mol. The quantitative estimate of drug-likeness (QED) is 0.166. The second-order valence-corrected chi connectivity index (χ2v) is 12.9. The molecule has 0 aliphatic rings. The van der Waals surface area contributed by atoms with Crippen molar-refractivity contribution >= 4 is 0 Å². The Hall–Kier alpha value is -0.780. The summed E-state index contributed by atoms with van der Waals surface area (Å²) in [5, 5.41) is 0. The van der Waals surface area contributed by atoms with Crippen LogP contribution < -0.4 is 0 Å². The van der Waals surface area contributed by atoms with E-state index in [0.29, 0.717) is 0 Å². The zero-order valence-electron chi connectivity index (χ0n) is 24.5. The van der Waals surface area contributed by atoms with Gasteiger partial charge in [0.25, 0.3) is 0 Å². The highest BCUT2D eigenvalue weighted by molar-refractivity contribution is 5.39. The highest BCUT2D eigenvalue weighted by atomic mass is 14.2. The summed E-state index contributed by atoms with van der Waals surface area (Å²) in [6, 6.07) is 8.22. The van der Waals surface area contributed by atoms with E-state index >= 15 is 0 Å². The molecule has 1 aromatic rings. The smallest absolute Gasteiger partial charge is 0.0123 e. The van der Waals surface area contributed by atoms with Crippen molar-refractivity contribution in [2.24, 2.45) is 11.8 Å². The van der Waals surface area contributed by atoms with Gasteiger partial charge in [-0.25, -0.2) is 0 Å². The Bertz CT molecular complexity index is 601. The van der Waals surface area contributed by atoms with E-state index in [4.69, 9.17) is 0 Å². The molecule has 0 bridgehead atoms. The number of rotatable bonds is 20. The fourth-order valence-corrected chi connectivity index (χ4v) is 5.25. The largest absolute Gasteiger partial charge is 0.0628 e. The molecule has 0 aromatic heterocycles. The maximum Gasteiger partial charge on any atom is -0.0123 e. The Kier molecular flexibility index (Phi) is 17.0. The standard InChI is InChI=1S/C34H61/c1-29(2)23-18-14-10-8-12-16-20-25-31-26-22-28-33(34(5,6)7)32(31)27-21-17-13-9-11-15-19-24-30(3)4/h22,26,29-30H,8-21,23-25,27H2,1-7H3. The molecule has 0 aliphatic carbocycles. The van der Waals surface area contributed by atoms with E-state index in [1.54, 1.807) is 11.1 Å². The Morgan fingerprint density at radius 1 is 0.588 bits per heavy atom. The van der Waals surface area contributed by atoms with Crippen LogP contribution in [-0.2, 0) is 18.3 Å². The van der Waals surface area contributed by atoms with Crippen molar-refractivity contribution in [3.05, 3.63) is 34.9 Å². The normalized spacial score (nSPS) is 12.3. The lowest BCUT2D eigenvalue weighted by Crippen LogP contribution is -2.16. The average molecular weight is 470 g/mol. The lowest BCUT2D eigenvalue weighted by atomic mass is 9.80. The van der Waals surface area contributed by atoms with Crippen molar-refractivity contribution < 1.29 is 0 Å². The van der Waals surface area contributed by atoms with Crippen molar-refractivity contribution in [1.29, 1.82) is 0 Å². The first-order valence-electron chi connectivity index (χ1n) is 15.2. The third-order valence-electron chi connectivity index (χ3n) is 7.39. The lowest BCUT2D eigenvalue weighted by Gasteiger charge is -2.25. The summed E-state index contributed by atoms with van der Waals surface area (Å²) >= 11 is 0. The van der Waals surface area contributed by atoms with Crippen LogP contribution in [0.4, 0.5) is 0 Å². The number of unbranched alkanes of at least 4 members (excludes halogenated alkanes) is 12. The Labute approximate surface area is 216 Å². The van der Waals surface area contributed by atoms with Crippen LogP contribution in [0.25, 0.3) is 0 Å². The fourth-order valence-electron chi connectivity index (χ4n) is 5.25. The highest BCUT2D eigenvalue weighted by Crippen LogP contribution is 2.30. The van der Waals surface area contributed by atoms with Gasteiger partial charge in [0.05, 0.1) is 0 Å². The molecule has 0 fully saturated rings. The van der Waals surface area contributed by atoms with Crippen LogP contribution in [0.5, 0.6) is 0 Å². The number of benzene rings is 1. The molecule has 0 heteroatoms. The van der Waals surface area contributed by atoms with Crippen LogP contribution in [0.15, 0.2) is 12.1 Å². The molecule has 1 aromatic carbocycles. The van der Waals surface area contributed by atoms with Crippen LogP contribution >= 0.6 is 0 Å². The third-order valence-corrected chi connectivity index (χ3v) is 7.39. The molecule has 0 heterocycles. The van der Waals surface area contributed by atoms with E-state index in [1.807, 2.05) is 0 Å². The molecule has 1 rings (SSSR count). The van der Waals surface area contributed by atoms with E-state index in [9.17, 15) is 0 Å². The maximum absolute atomic E-state index is 3.64. The van der Waals surface area contributed by atoms with Crippen molar-refractivity contribution in [1.82, 2.24) is 0 Å². The van der Waals surface area contributed by atoms with Gasteiger partial charge in [-0.15, -0.1) is 0 Å². The van der Waals surface area contributed by atoms with Crippen LogP contribution in [0, 0.1) is 17.9 Å². The minimum absolute atomic E-state index is 0.192.